The first-order valence-electron chi connectivity index (χ1n) is 6.22. The molecular weight excluding hydrogens is 201 g/mol. The van der Waals surface area contributed by atoms with Crippen LogP contribution >= 0.6 is 0 Å². The lowest BCUT2D eigenvalue weighted by atomic mass is 9.71. The van der Waals surface area contributed by atoms with Gasteiger partial charge in [0, 0.05) is 18.9 Å². The normalized spacial score (nSPS) is 34.2. The lowest BCUT2D eigenvalue weighted by Crippen LogP contribution is -2.46. The number of alkyl halides is 1. The third kappa shape index (κ3) is 1.56. The van der Waals surface area contributed by atoms with Crippen molar-refractivity contribution < 1.29 is 4.39 Å². The molecule has 1 nitrogen and oxygen atoms in total. The van der Waals surface area contributed by atoms with Gasteiger partial charge in [-0.3, -0.25) is 0 Å². The summed E-state index contributed by atoms with van der Waals surface area (Å²) in [7, 11) is 0. The molecular formula is C14H18FN. The zero-order valence-corrected chi connectivity index (χ0v) is 9.45. The Morgan fingerprint density at radius 1 is 1.25 bits per heavy atom. The fraction of sp³-hybridized carbons (Fsp3) is 0.571. The van der Waals surface area contributed by atoms with E-state index in [0.29, 0.717) is 18.8 Å². The van der Waals surface area contributed by atoms with E-state index in [1.807, 2.05) is 12.1 Å². The molecule has 0 spiro atoms. The highest BCUT2D eigenvalue weighted by Crippen LogP contribution is 2.45. The average Bonchev–Trinajstić information content (AvgIpc) is 2.13. The highest BCUT2D eigenvalue weighted by atomic mass is 19.1. The van der Waals surface area contributed by atoms with Crippen LogP contribution in [-0.4, -0.2) is 6.04 Å². The molecule has 2 aliphatic rings. The summed E-state index contributed by atoms with van der Waals surface area (Å²) < 4.78 is 14.4. The van der Waals surface area contributed by atoms with E-state index in [-0.39, 0.29) is 6.04 Å². The van der Waals surface area contributed by atoms with Crippen LogP contribution < -0.4 is 5.73 Å². The fourth-order valence-electron chi connectivity index (χ4n) is 2.82. The molecule has 2 heteroatoms. The van der Waals surface area contributed by atoms with Crippen molar-refractivity contribution in [2.45, 2.75) is 49.7 Å². The molecule has 0 amide bonds. The lowest BCUT2D eigenvalue weighted by Gasteiger charge is -2.40. The Kier molecular flexibility index (Phi) is 2.28. The minimum atomic E-state index is -1.14. The molecule has 1 aromatic carbocycles. The van der Waals surface area contributed by atoms with Gasteiger partial charge in [0.1, 0.15) is 5.67 Å². The molecule has 0 unspecified atom stereocenters. The van der Waals surface area contributed by atoms with E-state index in [4.69, 9.17) is 5.73 Å². The topological polar surface area (TPSA) is 26.0 Å². The second-order valence-corrected chi connectivity index (χ2v) is 5.39. The molecule has 0 bridgehead atoms. The lowest BCUT2D eigenvalue weighted by molar-refractivity contribution is 0.0404. The summed E-state index contributed by atoms with van der Waals surface area (Å²) in [5.41, 5.74) is 6.71. The van der Waals surface area contributed by atoms with E-state index in [2.05, 4.69) is 12.1 Å². The Labute approximate surface area is 95.8 Å². The Bertz CT molecular complexity index is 391. The van der Waals surface area contributed by atoms with E-state index in [1.54, 1.807) is 0 Å². The zero-order chi connectivity index (χ0) is 11.2. The first-order chi connectivity index (χ1) is 7.67. The second-order valence-electron chi connectivity index (χ2n) is 5.39. The van der Waals surface area contributed by atoms with Crippen LogP contribution in [0.1, 0.15) is 49.1 Å². The summed E-state index contributed by atoms with van der Waals surface area (Å²) in [6.07, 6.45) is 4.83. The number of nitrogens with two attached hydrogens (primary N) is 1. The number of rotatable bonds is 2. The van der Waals surface area contributed by atoms with E-state index in [9.17, 15) is 4.39 Å². The molecule has 0 heterocycles. The minimum absolute atomic E-state index is 0.0531. The molecule has 0 saturated heterocycles. The van der Waals surface area contributed by atoms with Crippen molar-refractivity contribution in [3.8, 4) is 0 Å². The van der Waals surface area contributed by atoms with Crippen molar-refractivity contribution >= 4 is 0 Å². The first kappa shape index (κ1) is 10.3. The van der Waals surface area contributed by atoms with Gasteiger partial charge in [-0.05, 0) is 29.9 Å². The molecule has 0 aromatic heterocycles. The van der Waals surface area contributed by atoms with Crippen molar-refractivity contribution in [1.29, 1.82) is 0 Å². The van der Waals surface area contributed by atoms with E-state index < -0.39 is 5.67 Å². The van der Waals surface area contributed by atoms with Crippen LogP contribution in [0, 0.1) is 0 Å². The fourth-order valence-corrected chi connectivity index (χ4v) is 2.82. The number of benzene rings is 1. The Morgan fingerprint density at radius 3 is 2.56 bits per heavy atom. The van der Waals surface area contributed by atoms with Crippen molar-refractivity contribution in [3.05, 3.63) is 35.4 Å². The molecule has 0 aliphatic heterocycles. The van der Waals surface area contributed by atoms with Crippen LogP contribution in [0.5, 0.6) is 0 Å². The largest absolute Gasteiger partial charge is 0.327 e. The highest BCUT2D eigenvalue weighted by Gasteiger charge is 2.44. The van der Waals surface area contributed by atoms with Crippen LogP contribution in [0.3, 0.4) is 0 Å². The van der Waals surface area contributed by atoms with Gasteiger partial charge in [0.15, 0.2) is 0 Å². The van der Waals surface area contributed by atoms with Crippen LogP contribution in [0.25, 0.3) is 0 Å². The average molecular weight is 219 g/mol. The van der Waals surface area contributed by atoms with Gasteiger partial charge in [-0.15, -0.1) is 0 Å². The summed E-state index contributed by atoms with van der Waals surface area (Å²) >= 11 is 0. The van der Waals surface area contributed by atoms with Gasteiger partial charge >= 0.3 is 0 Å². The molecule has 2 fully saturated rings. The van der Waals surface area contributed by atoms with E-state index in [1.165, 1.54) is 24.8 Å². The number of halogens is 1. The molecule has 0 radical (unpaired) electrons. The van der Waals surface area contributed by atoms with Gasteiger partial charge in [-0.25, -0.2) is 4.39 Å². The Balaban J connectivity index is 1.84. The molecule has 16 heavy (non-hydrogen) atoms. The zero-order valence-electron chi connectivity index (χ0n) is 9.45. The molecule has 1 aromatic rings. The highest BCUT2D eigenvalue weighted by molar-refractivity contribution is 5.33. The predicted octanol–water partition coefficient (Wildman–Crippen LogP) is 3.24. The molecule has 2 saturated carbocycles. The first-order valence-corrected chi connectivity index (χ1v) is 6.22. The summed E-state index contributed by atoms with van der Waals surface area (Å²) in [5, 5.41) is 0. The van der Waals surface area contributed by atoms with Crippen molar-refractivity contribution in [3.63, 3.8) is 0 Å². The number of hydrogen-bond donors (Lipinski definition) is 1. The van der Waals surface area contributed by atoms with Gasteiger partial charge < -0.3 is 5.73 Å². The third-order valence-corrected chi connectivity index (χ3v) is 4.15. The second kappa shape index (κ2) is 3.56. The van der Waals surface area contributed by atoms with Crippen LogP contribution in [0.15, 0.2) is 24.3 Å². The van der Waals surface area contributed by atoms with Gasteiger partial charge in [-0.1, -0.05) is 30.7 Å². The van der Waals surface area contributed by atoms with Gasteiger partial charge in [0.2, 0.25) is 0 Å². The molecule has 0 atom stereocenters. The monoisotopic (exact) mass is 219 g/mol. The SMILES string of the molecule is NC1CC(F)(c2cccc(C3CCC3)c2)C1. The summed E-state index contributed by atoms with van der Waals surface area (Å²) in [6.45, 7) is 0. The summed E-state index contributed by atoms with van der Waals surface area (Å²) in [4.78, 5) is 0. The Morgan fingerprint density at radius 2 is 2.00 bits per heavy atom. The Hall–Kier alpha value is -0.890. The summed E-state index contributed by atoms with van der Waals surface area (Å²) in [5.74, 6) is 0.678. The van der Waals surface area contributed by atoms with Crippen molar-refractivity contribution in [2.24, 2.45) is 5.73 Å². The third-order valence-electron chi connectivity index (χ3n) is 4.15. The maximum absolute atomic E-state index is 14.4. The quantitative estimate of drug-likeness (QED) is 0.812. The van der Waals surface area contributed by atoms with Crippen LogP contribution in [0.2, 0.25) is 0 Å². The smallest absolute Gasteiger partial charge is 0.139 e. The molecule has 3 rings (SSSR count). The van der Waals surface area contributed by atoms with E-state index >= 15 is 0 Å². The van der Waals surface area contributed by atoms with Gasteiger partial charge in [0.05, 0.1) is 0 Å². The van der Waals surface area contributed by atoms with Crippen molar-refractivity contribution in [2.75, 3.05) is 0 Å². The minimum Gasteiger partial charge on any atom is -0.327 e. The van der Waals surface area contributed by atoms with Gasteiger partial charge in [-0.2, -0.15) is 0 Å². The summed E-state index contributed by atoms with van der Waals surface area (Å²) in [6, 6.07) is 8.16. The molecule has 86 valence electrons. The maximum Gasteiger partial charge on any atom is 0.139 e. The number of hydrogen-bond acceptors (Lipinski definition) is 1. The van der Waals surface area contributed by atoms with Crippen molar-refractivity contribution in [1.82, 2.24) is 0 Å². The van der Waals surface area contributed by atoms with E-state index in [0.717, 1.165) is 5.56 Å². The maximum atomic E-state index is 14.4. The van der Waals surface area contributed by atoms with Crippen LogP contribution in [-0.2, 0) is 5.67 Å². The predicted molar refractivity (Wildman–Crippen MR) is 63.0 cm³/mol. The standard InChI is InChI=1S/C14H18FN/c15-14(8-13(16)9-14)12-6-2-5-11(7-12)10-3-1-4-10/h2,5-7,10,13H,1,3-4,8-9,16H2. The molecule has 2 N–H and O–H groups in total. The molecule has 2 aliphatic carbocycles. The van der Waals surface area contributed by atoms with Gasteiger partial charge in [0.25, 0.3) is 0 Å². The van der Waals surface area contributed by atoms with Crippen LogP contribution in [0.4, 0.5) is 4.39 Å².